The fourth-order valence-electron chi connectivity index (χ4n) is 3.01. The molecule has 3 rings (SSSR count). The van der Waals surface area contributed by atoms with Gasteiger partial charge in [0.1, 0.15) is 16.9 Å². The van der Waals surface area contributed by atoms with E-state index < -0.39 is 22.8 Å². The number of carbonyl (C=O) groups is 2. The highest BCUT2D eigenvalue weighted by Gasteiger charge is 2.32. The van der Waals surface area contributed by atoms with Gasteiger partial charge in [0.15, 0.2) is 5.17 Å². The summed E-state index contributed by atoms with van der Waals surface area (Å²) < 4.78 is 26.7. The average Bonchev–Trinajstić information content (AvgIpc) is 3.03. The van der Waals surface area contributed by atoms with Crippen molar-refractivity contribution in [3.8, 4) is 0 Å². The Kier molecular flexibility index (Phi) is 6.64. The first-order valence-electron chi connectivity index (χ1n) is 9.33. The lowest BCUT2D eigenvalue weighted by Gasteiger charge is -2.09. The van der Waals surface area contributed by atoms with Gasteiger partial charge in [0.25, 0.3) is 0 Å². The number of aliphatic imine (C=N–C) groups is 1. The minimum atomic E-state index is -0.868. The quantitative estimate of drug-likeness (QED) is 0.735. The Balaban J connectivity index is 1.71. The monoisotopic (exact) mass is 417 g/mol. The second-order valence-corrected chi connectivity index (χ2v) is 7.71. The molecule has 29 heavy (non-hydrogen) atoms. The lowest BCUT2D eigenvalue weighted by molar-refractivity contribution is -0.122. The summed E-state index contributed by atoms with van der Waals surface area (Å²) in [5, 5.41) is 4.86. The van der Waals surface area contributed by atoms with Gasteiger partial charge in [0, 0.05) is 12.5 Å². The van der Waals surface area contributed by atoms with E-state index in [1.807, 2.05) is 32.0 Å². The molecular weight excluding hydrogens is 396 g/mol. The molecule has 2 N–H and O–H groups in total. The maximum absolute atomic E-state index is 13.7. The van der Waals surface area contributed by atoms with Crippen LogP contribution in [0.2, 0.25) is 0 Å². The number of hydrogen-bond donors (Lipinski definition) is 2. The number of anilines is 1. The summed E-state index contributed by atoms with van der Waals surface area (Å²) in [6.45, 7) is 4.08. The third-order valence-corrected chi connectivity index (χ3v) is 5.61. The Bertz CT molecular complexity index is 956. The molecule has 1 atom stereocenters. The van der Waals surface area contributed by atoms with Crippen LogP contribution in [0.3, 0.4) is 0 Å². The molecule has 152 valence electrons. The fourth-order valence-corrected chi connectivity index (χ4v) is 3.99. The van der Waals surface area contributed by atoms with Crippen LogP contribution in [0.15, 0.2) is 41.4 Å². The maximum Gasteiger partial charge on any atom is 0.240 e. The largest absolute Gasteiger partial charge is 0.324 e. The predicted molar refractivity (Wildman–Crippen MR) is 111 cm³/mol. The summed E-state index contributed by atoms with van der Waals surface area (Å²) in [5.74, 6) is -2.46. The third-order valence-electron chi connectivity index (χ3n) is 4.53. The van der Waals surface area contributed by atoms with E-state index in [-0.39, 0.29) is 18.0 Å². The van der Waals surface area contributed by atoms with Gasteiger partial charge in [-0.05, 0) is 36.1 Å². The molecule has 1 heterocycles. The summed E-state index contributed by atoms with van der Waals surface area (Å²) in [4.78, 5) is 29.1. The van der Waals surface area contributed by atoms with Gasteiger partial charge >= 0.3 is 0 Å². The molecule has 2 aromatic rings. The summed E-state index contributed by atoms with van der Waals surface area (Å²) in [7, 11) is 0. The number of rotatable bonds is 6. The summed E-state index contributed by atoms with van der Waals surface area (Å²) >= 11 is 1.17. The predicted octanol–water partition coefficient (Wildman–Crippen LogP) is 4.34. The first-order chi connectivity index (χ1) is 13.9. The first-order valence-corrected chi connectivity index (χ1v) is 10.2. The van der Waals surface area contributed by atoms with Crippen molar-refractivity contribution < 1.29 is 18.4 Å². The number of amides is 2. The van der Waals surface area contributed by atoms with Crippen LogP contribution in [0, 0.1) is 11.6 Å². The molecule has 0 aliphatic carbocycles. The molecule has 0 saturated carbocycles. The Morgan fingerprint density at radius 3 is 2.48 bits per heavy atom. The lowest BCUT2D eigenvalue weighted by Crippen LogP contribution is -2.28. The van der Waals surface area contributed by atoms with E-state index >= 15 is 0 Å². The number of hydrogen-bond acceptors (Lipinski definition) is 4. The van der Waals surface area contributed by atoms with Gasteiger partial charge in [0.2, 0.25) is 11.8 Å². The van der Waals surface area contributed by atoms with E-state index in [1.54, 1.807) is 0 Å². The molecule has 0 unspecified atom stereocenters. The average molecular weight is 417 g/mol. The summed E-state index contributed by atoms with van der Waals surface area (Å²) in [6.07, 6.45) is 1.48. The number of thioether (sulfide) groups is 1. The van der Waals surface area contributed by atoms with Crippen molar-refractivity contribution in [1.29, 1.82) is 0 Å². The molecule has 1 fully saturated rings. The molecule has 2 aromatic carbocycles. The number of aryl methyl sites for hydroxylation is 2. The topological polar surface area (TPSA) is 70.6 Å². The molecule has 1 aliphatic heterocycles. The molecule has 0 aromatic heterocycles. The van der Waals surface area contributed by atoms with Crippen LogP contribution in [0.4, 0.5) is 20.2 Å². The van der Waals surface area contributed by atoms with Gasteiger partial charge in [-0.2, -0.15) is 0 Å². The second kappa shape index (κ2) is 9.17. The molecule has 1 saturated heterocycles. The van der Waals surface area contributed by atoms with E-state index in [4.69, 9.17) is 0 Å². The molecule has 0 bridgehead atoms. The van der Waals surface area contributed by atoms with E-state index in [1.165, 1.54) is 11.8 Å². The number of nitrogens with zero attached hydrogens (tertiary/aromatic N) is 1. The number of nitrogens with one attached hydrogen (secondary N) is 2. The highest BCUT2D eigenvalue weighted by molar-refractivity contribution is 8.15. The molecule has 1 aliphatic rings. The Hall–Kier alpha value is -2.74. The van der Waals surface area contributed by atoms with E-state index in [2.05, 4.69) is 15.6 Å². The number of para-hydroxylation sites is 1. The van der Waals surface area contributed by atoms with Crippen LogP contribution in [0.5, 0.6) is 0 Å². The van der Waals surface area contributed by atoms with Gasteiger partial charge in [0.05, 0.1) is 11.4 Å². The van der Waals surface area contributed by atoms with Gasteiger partial charge in [-0.1, -0.05) is 43.8 Å². The fraction of sp³-hybridized carbons (Fsp3) is 0.286. The molecule has 2 amide bonds. The zero-order chi connectivity index (χ0) is 21.0. The molecule has 8 heteroatoms. The van der Waals surface area contributed by atoms with Crippen molar-refractivity contribution in [3.63, 3.8) is 0 Å². The highest BCUT2D eigenvalue weighted by atomic mass is 32.2. The zero-order valence-corrected chi connectivity index (χ0v) is 16.9. The van der Waals surface area contributed by atoms with E-state index in [0.29, 0.717) is 11.2 Å². The van der Waals surface area contributed by atoms with E-state index in [9.17, 15) is 18.4 Å². The van der Waals surface area contributed by atoms with Crippen LogP contribution in [0.25, 0.3) is 0 Å². The minimum absolute atomic E-state index is 0.127. The van der Waals surface area contributed by atoms with Gasteiger partial charge in [-0.3, -0.25) is 9.59 Å². The molecule has 5 nitrogen and oxygen atoms in total. The van der Waals surface area contributed by atoms with Gasteiger partial charge in [-0.25, -0.2) is 13.8 Å². The van der Waals surface area contributed by atoms with Crippen molar-refractivity contribution in [2.75, 3.05) is 5.32 Å². The summed E-state index contributed by atoms with van der Waals surface area (Å²) in [5.41, 5.74) is 2.89. The minimum Gasteiger partial charge on any atom is -0.324 e. The van der Waals surface area contributed by atoms with Crippen molar-refractivity contribution in [2.24, 2.45) is 4.99 Å². The SMILES string of the molecule is CCc1cccc(CC)c1N=C1NC(=O)[C@H](CC(=O)Nc2ccc(F)cc2F)S1. The number of halogens is 2. The molecule has 0 radical (unpaired) electrons. The van der Waals surface area contributed by atoms with Crippen molar-refractivity contribution in [2.45, 2.75) is 38.4 Å². The van der Waals surface area contributed by atoms with Crippen molar-refractivity contribution in [1.82, 2.24) is 5.32 Å². The van der Waals surface area contributed by atoms with Crippen LogP contribution in [-0.2, 0) is 22.4 Å². The smallest absolute Gasteiger partial charge is 0.240 e. The van der Waals surface area contributed by atoms with Crippen LogP contribution >= 0.6 is 11.8 Å². The second-order valence-electron chi connectivity index (χ2n) is 6.52. The Morgan fingerprint density at radius 1 is 1.17 bits per heavy atom. The number of amidine groups is 1. The normalized spacial score (nSPS) is 17.4. The highest BCUT2D eigenvalue weighted by Crippen LogP contribution is 2.30. The third kappa shape index (κ3) is 5.00. The maximum atomic E-state index is 13.7. The standard InChI is InChI=1S/C21H21F2N3O2S/c1-3-12-6-5-7-13(4-2)19(12)25-21-26-20(28)17(29-21)11-18(27)24-16-9-8-14(22)10-15(16)23/h5-10,17H,3-4,11H2,1-2H3,(H,24,27)(H,25,26,28)/t17-/m0/s1. The van der Waals surface area contributed by atoms with Gasteiger partial charge < -0.3 is 10.6 Å². The molecule has 0 spiro atoms. The number of carbonyl (C=O) groups excluding carboxylic acids is 2. The first kappa shape index (κ1) is 21.0. The van der Waals surface area contributed by atoms with Crippen molar-refractivity contribution >= 4 is 40.1 Å². The summed E-state index contributed by atoms with van der Waals surface area (Å²) in [6, 6.07) is 8.88. The van der Waals surface area contributed by atoms with Crippen LogP contribution in [0.1, 0.15) is 31.4 Å². The molecular formula is C21H21F2N3O2S. The van der Waals surface area contributed by atoms with Crippen LogP contribution in [-0.4, -0.2) is 22.2 Å². The van der Waals surface area contributed by atoms with Gasteiger partial charge in [-0.15, -0.1) is 0 Å². The van der Waals surface area contributed by atoms with E-state index in [0.717, 1.165) is 41.8 Å². The Labute approximate surface area is 172 Å². The Morgan fingerprint density at radius 2 is 1.86 bits per heavy atom. The van der Waals surface area contributed by atoms with Crippen LogP contribution < -0.4 is 10.6 Å². The zero-order valence-electron chi connectivity index (χ0n) is 16.1. The number of benzene rings is 2. The lowest BCUT2D eigenvalue weighted by atomic mass is 10.0. The van der Waals surface area contributed by atoms with Crippen molar-refractivity contribution in [3.05, 3.63) is 59.2 Å².